The lowest BCUT2D eigenvalue weighted by Crippen LogP contribution is -2.03. The number of nitrogens with zero attached hydrogens (tertiary/aromatic N) is 2. The number of benzene rings is 2. The van der Waals surface area contributed by atoms with Gasteiger partial charge in [0, 0.05) is 16.9 Å². The highest BCUT2D eigenvalue weighted by Crippen LogP contribution is 2.31. The summed E-state index contributed by atoms with van der Waals surface area (Å²) in [5.74, 6) is 0.678. The van der Waals surface area contributed by atoms with Crippen LogP contribution < -0.4 is 10.6 Å². The summed E-state index contributed by atoms with van der Waals surface area (Å²) in [6, 6.07) is 12.4. The van der Waals surface area contributed by atoms with Gasteiger partial charge in [0.2, 0.25) is 5.95 Å². The van der Waals surface area contributed by atoms with Gasteiger partial charge in [0.1, 0.15) is 11.6 Å². The standard InChI is InChI=1S/C15H12BrFN4/c1-18-15-19-12-8-3-2-5-9(12)14(21-15)20-13-10(16)6-4-7-11(13)17/h2-8H,1H3,(H2,18,19,20,21). The molecule has 0 saturated heterocycles. The molecular formula is C15H12BrFN4. The third-order valence-corrected chi connectivity index (χ3v) is 3.69. The number of halogens is 2. The Hall–Kier alpha value is -2.21. The maximum absolute atomic E-state index is 14.0. The maximum Gasteiger partial charge on any atom is 0.224 e. The molecule has 3 aromatic rings. The lowest BCUT2D eigenvalue weighted by atomic mass is 10.2. The lowest BCUT2D eigenvalue weighted by molar-refractivity contribution is 0.631. The highest BCUT2D eigenvalue weighted by atomic mass is 79.9. The van der Waals surface area contributed by atoms with Crippen LogP contribution in [0.15, 0.2) is 46.9 Å². The lowest BCUT2D eigenvalue weighted by Gasteiger charge is -2.12. The van der Waals surface area contributed by atoms with Crippen LogP contribution in [0.5, 0.6) is 0 Å². The van der Waals surface area contributed by atoms with E-state index in [1.54, 1.807) is 19.2 Å². The Balaban J connectivity index is 2.16. The first-order valence-electron chi connectivity index (χ1n) is 6.34. The van der Waals surface area contributed by atoms with Gasteiger partial charge in [0.15, 0.2) is 0 Å². The van der Waals surface area contributed by atoms with Crippen molar-refractivity contribution in [1.82, 2.24) is 9.97 Å². The number of hydrogen-bond donors (Lipinski definition) is 2. The number of para-hydroxylation sites is 2. The number of anilines is 3. The van der Waals surface area contributed by atoms with Gasteiger partial charge in [-0.15, -0.1) is 0 Å². The van der Waals surface area contributed by atoms with Crippen LogP contribution in [0.4, 0.5) is 21.8 Å². The molecule has 1 aromatic heterocycles. The Morgan fingerprint density at radius 2 is 1.86 bits per heavy atom. The van der Waals surface area contributed by atoms with Gasteiger partial charge in [-0.3, -0.25) is 0 Å². The molecule has 0 aliphatic rings. The molecular weight excluding hydrogens is 335 g/mol. The average molecular weight is 347 g/mol. The van der Waals surface area contributed by atoms with Gasteiger partial charge in [0.25, 0.3) is 0 Å². The Labute approximate surface area is 129 Å². The fraction of sp³-hybridized carbons (Fsp3) is 0.0667. The summed E-state index contributed by atoms with van der Waals surface area (Å²) in [6.07, 6.45) is 0. The predicted octanol–water partition coefficient (Wildman–Crippen LogP) is 4.32. The Bertz CT molecular complexity index is 787. The van der Waals surface area contributed by atoms with E-state index in [0.29, 0.717) is 21.9 Å². The summed E-state index contributed by atoms with van der Waals surface area (Å²) in [5.41, 5.74) is 1.13. The largest absolute Gasteiger partial charge is 0.357 e. The molecule has 0 amide bonds. The molecule has 2 N–H and O–H groups in total. The first kappa shape index (κ1) is 13.8. The number of hydrogen-bond acceptors (Lipinski definition) is 4. The van der Waals surface area contributed by atoms with Crippen LogP contribution in [-0.2, 0) is 0 Å². The van der Waals surface area contributed by atoms with Crippen molar-refractivity contribution in [3.05, 3.63) is 52.8 Å². The van der Waals surface area contributed by atoms with Crippen molar-refractivity contribution in [2.75, 3.05) is 17.7 Å². The van der Waals surface area contributed by atoms with E-state index in [9.17, 15) is 4.39 Å². The second kappa shape index (κ2) is 5.65. The molecule has 2 aromatic carbocycles. The monoisotopic (exact) mass is 346 g/mol. The second-order valence-electron chi connectivity index (χ2n) is 4.38. The fourth-order valence-corrected chi connectivity index (χ4v) is 2.46. The van der Waals surface area contributed by atoms with Gasteiger partial charge < -0.3 is 10.6 Å². The smallest absolute Gasteiger partial charge is 0.224 e. The Morgan fingerprint density at radius 3 is 2.62 bits per heavy atom. The van der Waals surface area contributed by atoms with Crippen molar-refractivity contribution in [2.24, 2.45) is 0 Å². The van der Waals surface area contributed by atoms with Crippen molar-refractivity contribution < 1.29 is 4.39 Å². The quantitative estimate of drug-likeness (QED) is 0.741. The Kier molecular flexibility index (Phi) is 3.70. The average Bonchev–Trinajstić information content (AvgIpc) is 2.50. The van der Waals surface area contributed by atoms with Crippen LogP contribution in [0.1, 0.15) is 0 Å². The molecule has 4 nitrogen and oxygen atoms in total. The minimum absolute atomic E-state index is 0.349. The van der Waals surface area contributed by atoms with Gasteiger partial charge in [-0.2, -0.15) is 4.98 Å². The van der Waals surface area contributed by atoms with Crippen LogP contribution >= 0.6 is 15.9 Å². The highest BCUT2D eigenvalue weighted by Gasteiger charge is 2.11. The fourth-order valence-electron chi connectivity index (χ4n) is 2.02. The third kappa shape index (κ3) is 2.67. The topological polar surface area (TPSA) is 49.8 Å². The van der Waals surface area contributed by atoms with Crippen molar-refractivity contribution in [1.29, 1.82) is 0 Å². The molecule has 0 atom stereocenters. The first-order chi connectivity index (χ1) is 10.2. The third-order valence-electron chi connectivity index (χ3n) is 3.03. The van der Waals surface area contributed by atoms with E-state index in [4.69, 9.17) is 0 Å². The van der Waals surface area contributed by atoms with Crippen LogP contribution in [0.3, 0.4) is 0 Å². The second-order valence-corrected chi connectivity index (χ2v) is 5.24. The Morgan fingerprint density at radius 1 is 1.05 bits per heavy atom. The SMILES string of the molecule is CNc1nc(Nc2c(F)cccc2Br)c2ccccc2n1. The van der Waals surface area contributed by atoms with E-state index in [1.165, 1.54) is 6.07 Å². The number of rotatable bonds is 3. The van der Waals surface area contributed by atoms with Crippen LogP contribution in [0.2, 0.25) is 0 Å². The summed E-state index contributed by atoms with van der Waals surface area (Å²) in [5, 5.41) is 6.78. The molecule has 0 radical (unpaired) electrons. The molecule has 0 spiro atoms. The summed E-state index contributed by atoms with van der Waals surface area (Å²) in [4.78, 5) is 8.75. The minimum atomic E-state index is -0.349. The van der Waals surface area contributed by atoms with E-state index in [0.717, 1.165) is 10.9 Å². The molecule has 0 bridgehead atoms. The molecule has 0 saturated carbocycles. The normalized spacial score (nSPS) is 10.6. The van der Waals surface area contributed by atoms with Gasteiger partial charge >= 0.3 is 0 Å². The van der Waals surface area contributed by atoms with E-state index >= 15 is 0 Å². The van der Waals surface area contributed by atoms with Crippen molar-refractivity contribution >= 4 is 44.3 Å². The molecule has 1 heterocycles. The molecule has 0 aliphatic heterocycles. The zero-order chi connectivity index (χ0) is 14.8. The molecule has 0 unspecified atom stereocenters. The summed E-state index contributed by atoms with van der Waals surface area (Å²) in [7, 11) is 1.74. The molecule has 0 aliphatic carbocycles. The van der Waals surface area contributed by atoms with E-state index < -0.39 is 0 Å². The number of aromatic nitrogens is 2. The van der Waals surface area contributed by atoms with E-state index in [2.05, 4.69) is 36.5 Å². The summed E-state index contributed by atoms with van der Waals surface area (Å²) < 4.78 is 14.6. The molecule has 6 heteroatoms. The zero-order valence-corrected chi connectivity index (χ0v) is 12.8. The highest BCUT2D eigenvalue weighted by molar-refractivity contribution is 9.10. The summed E-state index contributed by atoms with van der Waals surface area (Å²) >= 11 is 3.34. The molecule has 0 fully saturated rings. The molecule has 21 heavy (non-hydrogen) atoms. The molecule has 106 valence electrons. The number of fused-ring (bicyclic) bond motifs is 1. The molecule has 3 rings (SSSR count). The van der Waals surface area contributed by atoms with Crippen LogP contribution in [0.25, 0.3) is 10.9 Å². The van der Waals surface area contributed by atoms with Gasteiger partial charge in [-0.25, -0.2) is 9.37 Å². The first-order valence-corrected chi connectivity index (χ1v) is 7.14. The van der Waals surface area contributed by atoms with E-state index in [1.807, 2.05) is 24.3 Å². The van der Waals surface area contributed by atoms with Crippen LogP contribution in [-0.4, -0.2) is 17.0 Å². The van der Waals surface area contributed by atoms with E-state index in [-0.39, 0.29) is 5.82 Å². The van der Waals surface area contributed by atoms with Gasteiger partial charge in [-0.05, 0) is 40.2 Å². The van der Waals surface area contributed by atoms with Crippen LogP contribution in [0, 0.1) is 5.82 Å². The van der Waals surface area contributed by atoms with Crippen molar-refractivity contribution in [2.45, 2.75) is 0 Å². The minimum Gasteiger partial charge on any atom is -0.357 e. The van der Waals surface area contributed by atoms with Crippen molar-refractivity contribution in [3.63, 3.8) is 0 Å². The van der Waals surface area contributed by atoms with Gasteiger partial charge in [0.05, 0.1) is 11.2 Å². The zero-order valence-electron chi connectivity index (χ0n) is 11.2. The van der Waals surface area contributed by atoms with Gasteiger partial charge in [-0.1, -0.05) is 18.2 Å². The predicted molar refractivity (Wildman–Crippen MR) is 86.5 cm³/mol. The van der Waals surface area contributed by atoms with Crippen molar-refractivity contribution in [3.8, 4) is 0 Å². The summed E-state index contributed by atoms with van der Waals surface area (Å²) in [6.45, 7) is 0. The maximum atomic E-state index is 14.0. The number of nitrogens with one attached hydrogen (secondary N) is 2.